The van der Waals surface area contributed by atoms with Gasteiger partial charge in [-0.15, -0.1) is 0 Å². The molecule has 1 spiro atoms. The van der Waals surface area contributed by atoms with Crippen molar-refractivity contribution in [2.24, 2.45) is 45.8 Å². The number of hydrogen-bond donors (Lipinski definition) is 1. The van der Waals surface area contributed by atoms with Crippen LogP contribution in [0.1, 0.15) is 178 Å². The van der Waals surface area contributed by atoms with E-state index in [4.69, 9.17) is 55.9 Å². The molecule has 0 bridgehead atoms. The maximum atomic E-state index is 14.8. The van der Waals surface area contributed by atoms with Gasteiger partial charge < -0.3 is 61.0 Å². The molecule has 18 heteroatoms. The van der Waals surface area contributed by atoms with E-state index in [1.165, 1.54) is 26.2 Å². The Morgan fingerprint density at radius 1 is 0.667 bits per heavy atom. The third-order valence-corrected chi connectivity index (χ3v) is 39.1. The minimum absolute atomic E-state index is 0.0451. The Morgan fingerprint density at radius 3 is 1.77 bits per heavy atom. The summed E-state index contributed by atoms with van der Waals surface area (Å²) in [5.41, 5.74) is -0.811. The van der Waals surface area contributed by atoms with Crippen LogP contribution in [0.15, 0.2) is 24.3 Å². The molecular formula is C66H112O15Si3. The molecule has 8 aliphatic rings. The fourth-order valence-corrected chi connectivity index (χ4v) is 27.7. The quantitative estimate of drug-likeness (QED) is 0.0478. The molecule has 0 radical (unpaired) electrons. The predicted octanol–water partition coefficient (Wildman–Crippen LogP) is 13.8. The van der Waals surface area contributed by atoms with Gasteiger partial charge in [0.25, 0.3) is 0 Å². The topological polar surface area (TPSA) is 165 Å². The van der Waals surface area contributed by atoms with E-state index in [0.717, 1.165) is 105 Å². The summed E-state index contributed by atoms with van der Waals surface area (Å²) in [6, 6.07) is 14.6. The average molecular weight is 1230 g/mol. The first kappa shape index (κ1) is 66.6. The van der Waals surface area contributed by atoms with Crippen molar-refractivity contribution in [3.63, 3.8) is 0 Å². The van der Waals surface area contributed by atoms with Gasteiger partial charge in [-0.3, -0.25) is 4.79 Å². The van der Waals surface area contributed by atoms with Crippen LogP contribution in [0.25, 0.3) is 0 Å². The number of methoxy groups -OCH3 is 2. The minimum Gasteiger partial charge on any atom is -0.497 e. The fourth-order valence-electron chi connectivity index (χ4n) is 19.1. The number of fused-ring (bicyclic) bond motifs is 6. The number of carbonyl (C=O) groups is 2. The van der Waals surface area contributed by atoms with Crippen LogP contribution in [0.5, 0.6) is 5.75 Å². The smallest absolute Gasteiger partial charge is 0.338 e. The summed E-state index contributed by atoms with van der Waals surface area (Å²) in [4.78, 5) is 28.7. The first-order chi connectivity index (χ1) is 40.1. The van der Waals surface area contributed by atoms with Gasteiger partial charge >= 0.3 is 11.9 Å². The molecule has 0 amide bonds. The van der Waals surface area contributed by atoms with E-state index >= 15 is 0 Å². The summed E-state index contributed by atoms with van der Waals surface area (Å²) < 4.78 is 84.3. The first-order valence-electron chi connectivity index (χ1n) is 33.7. The van der Waals surface area contributed by atoms with Crippen LogP contribution >= 0.6 is 0 Å². The summed E-state index contributed by atoms with van der Waals surface area (Å²) in [5.74, 6) is -0.277. The fraction of sp³-hybridized carbons (Fsp3) is 0.879. The Morgan fingerprint density at radius 2 is 1.23 bits per heavy atom. The third-order valence-electron chi connectivity index (χ3n) is 25.1. The number of unbranched alkanes of at least 4 members (excludes halogenated alkanes) is 2. The predicted molar refractivity (Wildman–Crippen MR) is 331 cm³/mol. The van der Waals surface area contributed by atoms with Gasteiger partial charge in [0.05, 0.1) is 50.3 Å². The van der Waals surface area contributed by atoms with E-state index in [9.17, 15) is 14.7 Å². The van der Waals surface area contributed by atoms with Gasteiger partial charge in [0.15, 0.2) is 49.2 Å². The number of rotatable bonds is 28. The number of carbonyl (C=O) groups excluding carboxylic acids is 2. The molecule has 8 fully saturated rings. The van der Waals surface area contributed by atoms with Crippen LogP contribution in [0.3, 0.4) is 0 Å². The van der Waals surface area contributed by atoms with E-state index in [1.807, 2.05) is 7.11 Å². The van der Waals surface area contributed by atoms with Crippen molar-refractivity contribution in [2.75, 3.05) is 27.4 Å². The van der Waals surface area contributed by atoms with E-state index in [-0.39, 0.29) is 30.7 Å². The Hall–Kier alpha value is -1.79. The van der Waals surface area contributed by atoms with Gasteiger partial charge in [-0.25, -0.2) is 4.79 Å². The van der Waals surface area contributed by atoms with Crippen molar-refractivity contribution in [1.82, 2.24) is 0 Å². The van der Waals surface area contributed by atoms with E-state index in [2.05, 4.69) is 90.0 Å². The molecular weight excluding hydrogens is 1120 g/mol. The Kier molecular flexibility index (Phi) is 20.8. The maximum Gasteiger partial charge on any atom is 0.338 e. The Bertz CT molecular complexity index is 2350. The largest absolute Gasteiger partial charge is 0.497 e. The summed E-state index contributed by atoms with van der Waals surface area (Å²) in [6.07, 6.45) is 2.66. The van der Waals surface area contributed by atoms with Crippen molar-refractivity contribution < 1.29 is 70.6 Å². The lowest BCUT2D eigenvalue weighted by Crippen LogP contribution is -2.66. The van der Waals surface area contributed by atoms with Crippen LogP contribution < -0.4 is 4.74 Å². The number of ether oxygens (including phenoxy) is 9. The SMILES string of the molecule is CCCCC[C@@]1(O[C@@H]2OC[C@H](O[Si](CC)(CC)CC)[C@H](O[C@@H]3OC[C@@H](O[Si](CC)(CC)CC)[C@H](O[Si](CC)(CC)CC)[C@H]3OC(=O)c3ccc(OC)cc3)[C@H]2OC(C)=O)O[C@H]2C[C@H]3[C@@H]4C[C@@H](OC)[C@]56C[C@H]5CC[C@]6(C)[C@H]4CC[C@]3(C)[C@@]2(O)[C@@H]1C. The Labute approximate surface area is 508 Å². The second-order valence-corrected chi connectivity index (χ2v) is 41.9. The van der Waals surface area contributed by atoms with Gasteiger partial charge in [-0.2, -0.15) is 0 Å². The van der Waals surface area contributed by atoms with Crippen LogP contribution in [0.4, 0.5) is 0 Å². The van der Waals surface area contributed by atoms with Crippen molar-refractivity contribution in [3.05, 3.63) is 29.8 Å². The zero-order valence-corrected chi connectivity index (χ0v) is 57.7. The molecule has 5 aliphatic carbocycles. The van der Waals surface area contributed by atoms with Crippen molar-refractivity contribution in [2.45, 2.75) is 295 Å². The van der Waals surface area contributed by atoms with Gasteiger partial charge in [-0.05, 0) is 159 Å². The number of esters is 2. The normalized spacial score (nSPS) is 40.8. The highest BCUT2D eigenvalue weighted by Crippen LogP contribution is 2.83. The van der Waals surface area contributed by atoms with Crippen molar-refractivity contribution in [1.29, 1.82) is 0 Å². The number of hydrogen-bond acceptors (Lipinski definition) is 15. The number of aliphatic hydroxyl groups is 1. The molecule has 5 saturated carbocycles. The highest BCUT2D eigenvalue weighted by molar-refractivity contribution is 6.74. The molecule has 3 aliphatic heterocycles. The Balaban J connectivity index is 1.10. The second-order valence-electron chi connectivity index (χ2n) is 27.8. The molecule has 478 valence electrons. The highest BCUT2D eigenvalue weighted by atomic mass is 28.4. The average Bonchev–Trinajstić information content (AvgIpc) is 1.49. The molecule has 0 aromatic heterocycles. The zero-order valence-electron chi connectivity index (χ0n) is 54.7. The zero-order chi connectivity index (χ0) is 60.8. The molecule has 1 N–H and O–H groups in total. The molecule has 0 unspecified atom stereocenters. The third kappa shape index (κ3) is 11.3. The molecule has 84 heavy (non-hydrogen) atoms. The van der Waals surface area contributed by atoms with Gasteiger partial charge in [-0.1, -0.05) is 103 Å². The lowest BCUT2D eigenvalue weighted by molar-refractivity contribution is -0.376. The summed E-state index contributed by atoms with van der Waals surface area (Å²) in [7, 11) is -3.74. The van der Waals surface area contributed by atoms with Crippen LogP contribution in [-0.2, 0) is 56.0 Å². The van der Waals surface area contributed by atoms with Crippen LogP contribution in [-0.4, -0.2) is 142 Å². The van der Waals surface area contributed by atoms with Crippen LogP contribution in [0, 0.1) is 45.8 Å². The second kappa shape index (κ2) is 26.2. The minimum atomic E-state index is -2.48. The molecule has 1 aromatic carbocycles. The molecule has 9 rings (SSSR count). The molecule has 15 nitrogen and oxygen atoms in total. The maximum absolute atomic E-state index is 14.8. The lowest BCUT2D eigenvalue weighted by atomic mass is 9.44. The number of benzene rings is 1. The molecule has 3 saturated heterocycles. The van der Waals surface area contributed by atoms with Crippen molar-refractivity contribution in [3.8, 4) is 5.75 Å². The standard InChI is InChI=1S/C66H112O15Si3/c1-17-27-28-35-65(43(11)66(69)54(77-65)39-50-48-38-53(71-16)64-40-46(64)33-36-62(64,13)49(48)34-37-63(50,66)14)78-61-57(74-44(12)67)55(51(41-73-61)79-82(18-2,19-3)20-4)76-60-58(75-59(68)45-29-31-47(70-15)32-30-45)56(81-84(24-8,25-9)26-10)52(42-72-60)80-83(21-5,22-6)23-7/h29-32,43,46,48-58,60-61,69H,17-28,33-42H2,1-16H3/t43-,46-,48-,49+,50+,51+,52-,53-,54+,55+,56+,57-,58-,60+,61+,62-,63+,64+,65+,66-/m1/s1. The first-order valence-corrected chi connectivity index (χ1v) is 41.3. The molecule has 3 heterocycles. The van der Waals surface area contributed by atoms with Crippen molar-refractivity contribution >= 4 is 36.9 Å². The van der Waals surface area contributed by atoms with E-state index in [0.29, 0.717) is 35.0 Å². The highest BCUT2D eigenvalue weighted by Gasteiger charge is 2.81. The van der Waals surface area contributed by atoms with Crippen LogP contribution in [0.2, 0.25) is 54.4 Å². The summed E-state index contributed by atoms with van der Waals surface area (Å²) >= 11 is 0. The van der Waals surface area contributed by atoms with Gasteiger partial charge in [0, 0.05) is 37.2 Å². The summed E-state index contributed by atoms with van der Waals surface area (Å²) in [5, 5.41) is 14.0. The summed E-state index contributed by atoms with van der Waals surface area (Å²) in [6.45, 7) is 30.6. The molecule has 20 atom stereocenters. The molecule has 1 aromatic rings. The van der Waals surface area contributed by atoms with Gasteiger partial charge in [0.2, 0.25) is 6.29 Å². The monoisotopic (exact) mass is 1230 g/mol. The van der Waals surface area contributed by atoms with Gasteiger partial charge in [0.1, 0.15) is 23.6 Å². The lowest BCUT2D eigenvalue weighted by Gasteiger charge is -2.62. The van der Waals surface area contributed by atoms with E-state index < -0.39 is 115 Å². The van der Waals surface area contributed by atoms with E-state index in [1.54, 1.807) is 31.4 Å².